The van der Waals surface area contributed by atoms with Gasteiger partial charge in [-0.25, -0.2) is 8.78 Å². The molecule has 1 rings (SSSR count). The minimum absolute atomic E-state index is 0.305. The molecule has 0 heterocycles. The second-order valence-corrected chi connectivity index (χ2v) is 3.61. The summed E-state index contributed by atoms with van der Waals surface area (Å²) in [4.78, 5) is 0. The van der Waals surface area contributed by atoms with Crippen LogP contribution in [0.25, 0.3) is 0 Å². The molecule has 1 aromatic carbocycles. The van der Waals surface area contributed by atoms with Crippen molar-refractivity contribution in [2.24, 2.45) is 0 Å². The van der Waals surface area contributed by atoms with Gasteiger partial charge in [0.25, 0.3) is 0 Å². The van der Waals surface area contributed by atoms with Gasteiger partial charge in [0.15, 0.2) is 11.6 Å². The summed E-state index contributed by atoms with van der Waals surface area (Å²) in [6.45, 7) is 3.07. The van der Waals surface area contributed by atoms with E-state index >= 15 is 0 Å². The van der Waals surface area contributed by atoms with Gasteiger partial charge in [-0.2, -0.15) is 0 Å². The second-order valence-electron chi connectivity index (χ2n) is 3.61. The molecule has 0 fully saturated rings. The third-order valence-corrected chi connectivity index (χ3v) is 2.33. The summed E-state index contributed by atoms with van der Waals surface area (Å²) in [5, 5.41) is 3.12. The molecule has 0 bridgehead atoms. The van der Waals surface area contributed by atoms with Gasteiger partial charge < -0.3 is 10.1 Å². The van der Waals surface area contributed by atoms with Crippen LogP contribution < -0.4 is 5.32 Å². The van der Waals surface area contributed by atoms with Gasteiger partial charge in [-0.3, -0.25) is 0 Å². The molecule has 1 atom stereocenters. The first kappa shape index (κ1) is 13.1. The summed E-state index contributed by atoms with van der Waals surface area (Å²) in [5.74, 6) is -1.62. The van der Waals surface area contributed by atoms with E-state index in [1.54, 1.807) is 6.07 Å². The molecule has 1 N–H and O–H groups in total. The Hall–Kier alpha value is -1.00. The van der Waals surface area contributed by atoms with Crippen LogP contribution in [0, 0.1) is 11.6 Å². The summed E-state index contributed by atoms with van der Waals surface area (Å²) in [7, 11) is 1.54. The normalized spacial score (nSPS) is 12.8. The lowest BCUT2D eigenvalue weighted by Crippen LogP contribution is -2.27. The number of ether oxygens (including phenoxy) is 1. The predicted octanol–water partition coefficient (Wildman–Crippen LogP) is 2.65. The Morgan fingerprint density at radius 1 is 1.38 bits per heavy atom. The van der Waals surface area contributed by atoms with Crippen LogP contribution in [-0.2, 0) is 4.74 Å². The van der Waals surface area contributed by atoms with Crippen molar-refractivity contribution in [1.82, 2.24) is 5.32 Å². The van der Waals surface area contributed by atoms with Gasteiger partial charge in [0.2, 0.25) is 0 Å². The molecule has 0 aliphatic carbocycles. The van der Waals surface area contributed by atoms with Gasteiger partial charge in [-0.1, -0.05) is 19.1 Å². The summed E-state index contributed by atoms with van der Waals surface area (Å²) in [5.41, 5.74) is 0.315. The zero-order valence-corrected chi connectivity index (χ0v) is 9.59. The molecule has 4 heteroatoms. The molecule has 0 saturated heterocycles. The largest absolute Gasteiger partial charge is 0.383 e. The fraction of sp³-hybridized carbons (Fsp3) is 0.500. The monoisotopic (exact) mass is 229 g/mol. The van der Waals surface area contributed by atoms with Crippen LogP contribution in [-0.4, -0.2) is 20.3 Å². The molecule has 0 saturated carbocycles. The van der Waals surface area contributed by atoms with Crippen molar-refractivity contribution in [2.45, 2.75) is 19.4 Å². The standard InChI is InChI=1S/C12H17F2NO/c1-3-7-15-11(8-16-2)9-5-4-6-10(13)12(9)14/h4-6,11,15H,3,7-8H2,1-2H3. The minimum atomic E-state index is -0.822. The Bertz CT molecular complexity index is 331. The predicted molar refractivity (Wildman–Crippen MR) is 59.3 cm³/mol. The van der Waals surface area contributed by atoms with E-state index in [9.17, 15) is 8.78 Å². The van der Waals surface area contributed by atoms with Crippen LogP contribution in [0.3, 0.4) is 0 Å². The molecule has 1 aromatic rings. The Morgan fingerprint density at radius 2 is 2.12 bits per heavy atom. The molecule has 0 radical (unpaired) electrons. The highest BCUT2D eigenvalue weighted by molar-refractivity contribution is 5.22. The van der Waals surface area contributed by atoms with Gasteiger partial charge in [-0.05, 0) is 19.0 Å². The summed E-state index contributed by atoms with van der Waals surface area (Å²) < 4.78 is 31.6. The number of hydrogen-bond acceptors (Lipinski definition) is 2. The Kier molecular flexibility index (Phi) is 5.35. The maximum atomic E-state index is 13.5. The van der Waals surface area contributed by atoms with Crippen molar-refractivity contribution in [3.8, 4) is 0 Å². The summed E-state index contributed by atoms with van der Waals surface area (Å²) in [6.07, 6.45) is 0.928. The average molecular weight is 229 g/mol. The zero-order valence-electron chi connectivity index (χ0n) is 9.59. The fourth-order valence-electron chi connectivity index (χ4n) is 1.53. The molecule has 2 nitrogen and oxygen atoms in total. The van der Waals surface area contributed by atoms with Crippen LogP contribution in [0.4, 0.5) is 8.78 Å². The molecular formula is C12H17F2NO. The molecule has 0 amide bonds. The van der Waals surface area contributed by atoms with E-state index in [0.29, 0.717) is 12.2 Å². The number of benzene rings is 1. The number of nitrogens with one attached hydrogen (secondary N) is 1. The number of rotatable bonds is 6. The highest BCUT2D eigenvalue weighted by atomic mass is 19.2. The Balaban J connectivity index is 2.86. The lowest BCUT2D eigenvalue weighted by atomic mass is 10.1. The highest BCUT2D eigenvalue weighted by Crippen LogP contribution is 2.19. The van der Waals surface area contributed by atoms with Crippen LogP contribution in [0.5, 0.6) is 0 Å². The van der Waals surface area contributed by atoms with E-state index in [1.807, 2.05) is 6.92 Å². The maximum absolute atomic E-state index is 13.5. The number of hydrogen-bond donors (Lipinski definition) is 1. The number of methoxy groups -OCH3 is 1. The van der Waals surface area contributed by atoms with Gasteiger partial charge in [0.1, 0.15) is 0 Å². The van der Waals surface area contributed by atoms with Gasteiger partial charge in [-0.15, -0.1) is 0 Å². The molecular weight excluding hydrogens is 212 g/mol. The lowest BCUT2D eigenvalue weighted by molar-refractivity contribution is 0.165. The van der Waals surface area contributed by atoms with Gasteiger partial charge >= 0.3 is 0 Å². The lowest BCUT2D eigenvalue weighted by Gasteiger charge is -2.18. The first-order valence-electron chi connectivity index (χ1n) is 5.37. The first-order valence-corrected chi connectivity index (χ1v) is 5.37. The van der Waals surface area contributed by atoms with E-state index < -0.39 is 11.6 Å². The van der Waals surface area contributed by atoms with Crippen molar-refractivity contribution >= 4 is 0 Å². The fourth-order valence-corrected chi connectivity index (χ4v) is 1.53. The average Bonchev–Trinajstić information content (AvgIpc) is 2.28. The third-order valence-electron chi connectivity index (χ3n) is 2.33. The van der Waals surface area contributed by atoms with Crippen LogP contribution >= 0.6 is 0 Å². The third kappa shape index (κ3) is 3.25. The maximum Gasteiger partial charge on any atom is 0.163 e. The zero-order chi connectivity index (χ0) is 12.0. The molecule has 0 spiro atoms. The molecule has 16 heavy (non-hydrogen) atoms. The van der Waals surface area contributed by atoms with Gasteiger partial charge in [0, 0.05) is 12.7 Å². The molecule has 0 aromatic heterocycles. The van der Waals surface area contributed by atoms with Crippen LogP contribution in [0.15, 0.2) is 18.2 Å². The summed E-state index contributed by atoms with van der Waals surface area (Å²) in [6, 6.07) is 3.89. The second kappa shape index (κ2) is 6.55. The SMILES string of the molecule is CCCNC(COC)c1cccc(F)c1F. The minimum Gasteiger partial charge on any atom is -0.383 e. The van der Waals surface area contributed by atoms with Crippen LogP contribution in [0.2, 0.25) is 0 Å². The first-order chi connectivity index (χ1) is 7.70. The van der Waals surface area contributed by atoms with Crippen molar-refractivity contribution in [1.29, 1.82) is 0 Å². The quantitative estimate of drug-likeness (QED) is 0.809. The smallest absolute Gasteiger partial charge is 0.163 e. The van der Waals surface area contributed by atoms with Crippen LogP contribution in [0.1, 0.15) is 24.9 Å². The van der Waals surface area contributed by atoms with E-state index in [0.717, 1.165) is 19.0 Å². The van der Waals surface area contributed by atoms with Crippen molar-refractivity contribution < 1.29 is 13.5 Å². The summed E-state index contributed by atoms with van der Waals surface area (Å²) >= 11 is 0. The molecule has 0 aliphatic rings. The highest BCUT2D eigenvalue weighted by Gasteiger charge is 2.17. The van der Waals surface area contributed by atoms with E-state index in [1.165, 1.54) is 13.2 Å². The Morgan fingerprint density at radius 3 is 2.75 bits per heavy atom. The Labute approximate surface area is 94.6 Å². The van der Waals surface area contributed by atoms with E-state index in [4.69, 9.17) is 4.74 Å². The van der Waals surface area contributed by atoms with E-state index in [2.05, 4.69) is 5.32 Å². The van der Waals surface area contributed by atoms with E-state index in [-0.39, 0.29) is 6.04 Å². The van der Waals surface area contributed by atoms with Crippen molar-refractivity contribution in [2.75, 3.05) is 20.3 Å². The van der Waals surface area contributed by atoms with Crippen molar-refractivity contribution in [3.63, 3.8) is 0 Å². The van der Waals surface area contributed by atoms with Gasteiger partial charge in [0.05, 0.1) is 12.6 Å². The molecule has 0 aliphatic heterocycles. The molecule has 1 unspecified atom stereocenters. The number of halogens is 2. The topological polar surface area (TPSA) is 21.3 Å². The molecule has 90 valence electrons. The van der Waals surface area contributed by atoms with Crippen molar-refractivity contribution in [3.05, 3.63) is 35.4 Å².